The summed E-state index contributed by atoms with van der Waals surface area (Å²) in [6.45, 7) is 5.82. The van der Waals surface area contributed by atoms with Gasteiger partial charge in [0, 0.05) is 35.9 Å². The number of pyridine rings is 1. The molecule has 0 aliphatic carbocycles. The van der Waals surface area contributed by atoms with Crippen LogP contribution in [0.4, 0.5) is 8.78 Å². The molecule has 2 aromatic heterocycles. The molecule has 0 bridgehead atoms. The molecule has 28 heavy (non-hydrogen) atoms. The van der Waals surface area contributed by atoms with Crippen molar-refractivity contribution >= 4 is 11.0 Å². The Kier molecular flexibility index (Phi) is 4.83. The fourth-order valence-electron chi connectivity index (χ4n) is 3.74. The molecule has 1 saturated heterocycles. The molecule has 0 amide bonds. The van der Waals surface area contributed by atoms with Gasteiger partial charge < -0.3 is 15.0 Å². The van der Waals surface area contributed by atoms with Crippen molar-refractivity contribution in [1.82, 2.24) is 15.3 Å². The van der Waals surface area contributed by atoms with Crippen molar-refractivity contribution in [3.8, 4) is 16.9 Å². The zero-order valence-electron chi connectivity index (χ0n) is 16.2. The van der Waals surface area contributed by atoms with Crippen LogP contribution in [0.15, 0.2) is 42.7 Å². The second-order valence-corrected chi connectivity index (χ2v) is 8.05. The van der Waals surface area contributed by atoms with E-state index < -0.39 is 5.92 Å². The molecule has 1 aromatic carbocycles. The Labute approximate surface area is 163 Å². The second kappa shape index (κ2) is 7.17. The minimum absolute atomic E-state index is 0.00419. The number of H-pyrrole nitrogens is 1. The summed E-state index contributed by atoms with van der Waals surface area (Å²) in [5.41, 5.74) is 2.63. The maximum Gasteiger partial charge on any atom is 0.270 e. The van der Waals surface area contributed by atoms with Crippen LogP contribution in [0.3, 0.4) is 0 Å². The van der Waals surface area contributed by atoms with Gasteiger partial charge in [-0.2, -0.15) is 0 Å². The van der Waals surface area contributed by atoms with Crippen molar-refractivity contribution < 1.29 is 13.5 Å². The molecule has 0 saturated carbocycles. The van der Waals surface area contributed by atoms with Crippen LogP contribution in [0.25, 0.3) is 22.2 Å². The monoisotopic (exact) mass is 385 g/mol. The molecule has 4 rings (SSSR count). The highest BCUT2D eigenvalue weighted by atomic mass is 19.3. The molecule has 0 spiro atoms. The number of aromatic amines is 1. The van der Waals surface area contributed by atoms with Gasteiger partial charge in [0.2, 0.25) is 0 Å². The Morgan fingerprint density at radius 2 is 1.86 bits per heavy atom. The molecule has 4 nitrogen and oxygen atoms in total. The molecule has 0 atom stereocenters. The van der Waals surface area contributed by atoms with E-state index >= 15 is 0 Å². The summed E-state index contributed by atoms with van der Waals surface area (Å²) in [6.07, 6.45) is 5.74. The van der Waals surface area contributed by atoms with E-state index in [4.69, 9.17) is 4.74 Å². The normalized spacial score (nSPS) is 17.0. The molecular weight excluding hydrogens is 360 g/mol. The quantitative estimate of drug-likeness (QED) is 0.642. The number of fused-ring (bicyclic) bond motifs is 1. The first-order chi connectivity index (χ1) is 13.4. The number of rotatable bonds is 5. The van der Waals surface area contributed by atoms with Crippen molar-refractivity contribution in [2.24, 2.45) is 5.41 Å². The second-order valence-electron chi connectivity index (χ2n) is 8.05. The molecule has 0 radical (unpaired) electrons. The first-order valence-corrected chi connectivity index (χ1v) is 9.64. The summed E-state index contributed by atoms with van der Waals surface area (Å²) in [6, 6.07) is 8.27. The van der Waals surface area contributed by atoms with Gasteiger partial charge in [0.25, 0.3) is 5.92 Å². The van der Waals surface area contributed by atoms with Crippen LogP contribution in [-0.4, -0.2) is 29.7 Å². The van der Waals surface area contributed by atoms with Crippen molar-refractivity contribution in [2.45, 2.75) is 32.6 Å². The number of nitrogens with zero attached hydrogens (tertiary/aromatic N) is 1. The van der Waals surface area contributed by atoms with Crippen LogP contribution in [0.2, 0.25) is 0 Å². The number of piperidine rings is 1. The highest BCUT2D eigenvalue weighted by molar-refractivity contribution is 5.98. The molecule has 0 unspecified atom stereocenters. The first-order valence-electron chi connectivity index (χ1n) is 9.64. The van der Waals surface area contributed by atoms with E-state index in [1.54, 1.807) is 18.3 Å². The van der Waals surface area contributed by atoms with Crippen LogP contribution < -0.4 is 10.1 Å². The largest absolute Gasteiger partial charge is 0.492 e. The molecule has 1 aliphatic rings. The lowest BCUT2D eigenvalue weighted by Crippen LogP contribution is -2.38. The van der Waals surface area contributed by atoms with E-state index in [0.717, 1.165) is 60.8 Å². The van der Waals surface area contributed by atoms with Crippen molar-refractivity contribution in [3.63, 3.8) is 0 Å². The number of hydrogen-bond donors (Lipinski definition) is 2. The van der Waals surface area contributed by atoms with Gasteiger partial charge in [-0.05, 0) is 37.6 Å². The molecule has 6 heteroatoms. The van der Waals surface area contributed by atoms with Crippen LogP contribution >= 0.6 is 0 Å². The van der Waals surface area contributed by atoms with Gasteiger partial charge in [-0.15, -0.1) is 0 Å². The molecule has 3 aromatic rings. The van der Waals surface area contributed by atoms with Gasteiger partial charge in [-0.1, -0.05) is 31.2 Å². The van der Waals surface area contributed by atoms with Gasteiger partial charge in [0.1, 0.15) is 11.4 Å². The van der Waals surface area contributed by atoms with E-state index in [1.165, 1.54) is 12.1 Å². The highest BCUT2D eigenvalue weighted by Crippen LogP contribution is 2.37. The molecule has 1 fully saturated rings. The van der Waals surface area contributed by atoms with E-state index in [2.05, 4.69) is 22.2 Å². The number of ether oxygens (including phenoxy) is 1. The summed E-state index contributed by atoms with van der Waals surface area (Å²) in [5.74, 6) is -2.08. The van der Waals surface area contributed by atoms with Gasteiger partial charge >= 0.3 is 0 Å². The third kappa shape index (κ3) is 3.74. The molecular formula is C22H25F2N3O. The summed E-state index contributed by atoms with van der Waals surface area (Å²) in [7, 11) is 0. The van der Waals surface area contributed by atoms with Gasteiger partial charge in [-0.25, -0.2) is 13.8 Å². The fraction of sp³-hybridized carbons (Fsp3) is 0.409. The van der Waals surface area contributed by atoms with Crippen LogP contribution in [0, 0.1) is 5.41 Å². The minimum Gasteiger partial charge on any atom is -0.492 e. The maximum atomic E-state index is 13.5. The SMILES string of the molecule is CC1(COc2ccnc3[nH]cc(-c4ccc(C(C)(F)F)cc4)c23)CCNCC1. The van der Waals surface area contributed by atoms with E-state index in [9.17, 15) is 8.78 Å². The van der Waals surface area contributed by atoms with Crippen LogP contribution in [0.5, 0.6) is 5.75 Å². The third-order valence-electron chi connectivity index (χ3n) is 5.62. The maximum absolute atomic E-state index is 13.5. The average Bonchev–Trinajstić information content (AvgIpc) is 3.11. The Morgan fingerprint density at radius 1 is 1.14 bits per heavy atom. The van der Waals surface area contributed by atoms with E-state index in [1.807, 2.05) is 12.3 Å². The lowest BCUT2D eigenvalue weighted by molar-refractivity contribution is 0.0175. The topological polar surface area (TPSA) is 49.9 Å². The van der Waals surface area contributed by atoms with Crippen molar-refractivity contribution in [2.75, 3.05) is 19.7 Å². The Hall–Kier alpha value is -2.47. The van der Waals surface area contributed by atoms with Gasteiger partial charge in [-0.3, -0.25) is 0 Å². The first kappa shape index (κ1) is 18.9. The Balaban J connectivity index is 1.65. The summed E-state index contributed by atoms with van der Waals surface area (Å²) < 4.78 is 33.3. The van der Waals surface area contributed by atoms with Crippen LogP contribution in [-0.2, 0) is 5.92 Å². The van der Waals surface area contributed by atoms with Crippen molar-refractivity contribution in [1.29, 1.82) is 0 Å². The number of aromatic nitrogens is 2. The van der Waals surface area contributed by atoms with E-state index in [-0.39, 0.29) is 11.0 Å². The van der Waals surface area contributed by atoms with Gasteiger partial charge in [0.05, 0.1) is 12.0 Å². The highest BCUT2D eigenvalue weighted by Gasteiger charge is 2.28. The predicted molar refractivity (Wildman–Crippen MR) is 107 cm³/mol. The summed E-state index contributed by atoms with van der Waals surface area (Å²) in [5, 5.41) is 4.27. The lowest BCUT2D eigenvalue weighted by Gasteiger charge is -2.33. The lowest BCUT2D eigenvalue weighted by atomic mass is 9.82. The summed E-state index contributed by atoms with van der Waals surface area (Å²) in [4.78, 5) is 7.56. The zero-order valence-corrected chi connectivity index (χ0v) is 16.2. The molecule has 1 aliphatic heterocycles. The van der Waals surface area contributed by atoms with E-state index in [0.29, 0.717) is 6.61 Å². The smallest absolute Gasteiger partial charge is 0.270 e. The zero-order chi connectivity index (χ0) is 19.8. The third-order valence-corrected chi connectivity index (χ3v) is 5.62. The Bertz CT molecular complexity index is 954. The molecule has 148 valence electrons. The van der Waals surface area contributed by atoms with Crippen molar-refractivity contribution in [3.05, 3.63) is 48.3 Å². The number of nitrogens with one attached hydrogen (secondary N) is 2. The number of halogens is 2. The molecule has 3 heterocycles. The minimum atomic E-state index is -2.85. The molecule has 2 N–H and O–H groups in total. The predicted octanol–water partition coefficient (Wildman–Crippen LogP) is 5.11. The average molecular weight is 385 g/mol. The van der Waals surface area contributed by atoms with Gasteiger partial charge in [0.15, 0.2) is 0 Å². The summed E-state index contributed by atoms with van der Waals surface area (Å²) >= 11 is 0. The number of alkyl halides is 2. The standard InChI is InChI=1S/C22H25F2N3O/c1-21(8-11-25-12-9-21)14-28-18-7-10-26-20-19(18)17(13-27-20)15-3-5-16(6-4-15)22(2,23)24/h3-7,10,13,25H,8-9,11-12,14H2,1-2H3,(H,26,27). The Morgan fingerprint density at radius 3 is 2.54 bits per heavy atom. The fourth-order valence-corrected chi connectivity index (χ4v) is 3.74. The van der Waals surface area contributed by atoms with Crippen LogP contribution in [0.1, 0.15) is 32.3 Å². The number of hydrogen-bond acceptors (Lipinski definition) is 3. The number of benzene rings is 1.